The number of carbonyl (C=O) groups excluding carboxylic acids is 2. The van der Waals surface area contributed by atoms with Gasteiger partial charge in [-0.05, 0) is 0 Å². The van der Waals surface area contributed by atoms with Crippen molar-refractivity contribution in [3.63, 3.8) is 0 Å². The van der Waals surface area contributed by atoms with E-state index in [1.807, 2.05) is 0 Å². The zero-order valence-electron chi connectivity index (χ0n) is 15.0. The Morgan fingerprint density at radius 1 is 1.08 bits per heavy atom. The Morgan fingerprint density at radius 3 is 2.58 bits per heavy atom. The van der Waals surface area contributed by atoms with E-state index in [2.05, 4.69) is 35.4 Å². The van der Waals surface area contributed by atoms with Crippen LogP contribution in [0.3, 0.4) is 0 Å². The van der Waals surface area contributed by atoms with Gasteiger partial charge in [-0.1, -0.05) is 0 Å². The van der Waals surface area contributed by atoms with Crippen LogP contribution >= 0.6 is 0 Å². The van der Waals surface area contributed by atoms with Crippen molar-refractivity contribution in [3.8, 4) is 0 Å². The number of likely N-dealkylation sites (tertiary alicyclic amines) is 1. The van der Waals surface area contributed by atoms with Gasteiger partial charge in [0.05, 0.1) is 0 Å². The summed E-state index contributed by atoms with van der Waals surface area (Å²) in [6, 6.07) is 10.8. The standard InChI is InChI=1S/C20H24N2O3Se/c1-21-18(23)16-14-9-5-11-20(22(14)25-17(16)19(21)24)12-6-10-15(20)26-13-7-3-2-4-8-13/h2-4,7-8,14-17H,5-6,9-12H2,1H3/t14-,15?,16+,17-,20-/m0/s1. The molecule has 1 saturated carbocycles. The molecular weight excluding hydrogens is 395 g/mol. The molecule has 1 aromatic carbocycles. The van der Waals surface area contributed by atoms with Crippen LogP contribution in [0.1, 0.15) is 38.5 Å². The van der Waals surface area contributed by atoms with Gasteiger partial charge in [0.15, 0.2) is 0 Å². The molecule has 5 rings (SSSR count). The summed E-state index contributed by atoms with van der Waals surface area (Å²) >= 11 is 0.380. The molecule has 3 heterocycles. The van der Waals surface area contributed by atoms with Gasteiger partial charge in [-0.15, -0.1) is 0 Å². The second-order valence-corrected chi connectivity index (χ2v) is 10.7. The van der Waals surface area contributed by atoms with E-state index < -0.39 is 6.10 Å². The van der Waals surface area contributed by atoms with E-state index in [0.717, 1.165) is 25.7 Å². The van der Waals surface area contributed by atoms with Crippen LogP contribution in [-0.2, 0) is 14.4 Å². The third-order valence-corrected chi connectivity index (χ3v) is 9.86. The molecule has 0 bridgehead atoms. The maximum absolute atomic E-state index is 12.6. The number of likely N-dealkylation sites (N-methyl/N-ethyl adjacent to an activating group) is 1. The Labute approximate surface area is 160 Å². The molecule has 138 valence electrons. The molecule has 3 saturated heterocycles. The summed E-state index contributed by atoms with van der Waals surface area (Å²) in [6.07, 6.45) is 6.18. The molecule has 3 aliphatic heterocycles. The number of hydroxylamine groups is 2. The molecule has 0 radical (unpaired) electrons. The molecule has 1 spiro atoms. The fraction of sp³-hybridized carbons (Fsp3) is 0.600. The summed E-state index contributed by atoms with van der Waals surface area (Å²) in [4.78, 5) is 33.2. The summed E-state index contributed by atoms with van der Waals surface area (Å²) < 4.78 is 1.43. The number of carbonyl (C=O) groups is 2. The van der Waals surface area contributed by atoms with Crippen LogP contribution in [0.5, 0.6) is 0 Å². The molecule has 2 amide bonds. The Balaban J connectivity index is 1.46. The summed E-state index contributed by atoms with van der Waals surface area (Å²) in [5, 5.41) is 2.16. The first-order chi connectivity index (χ1) is 12.6. The summed E-state index contributed by atoms with van der Waals surface area (Å²) in [5.74, 6) is -0.504. The monoisotopic (exact) mass is 420 g/mol. The van der Waals surface area contributed by atoms with E-state index in [0.29, 0.717) is 19.8 Å². The van der Waals surface area contributed by atoms with Crippen LogP contribution in [-0.4, -0.2) is 61.5 Å². The van der Waals surface area contributed by atoms with E-state index >= 15 is 0 Å². The van der Waals surface area contributed by atoms with Crippen molar-refractivity contribution in [3.05, 3.63) is 30.3 Å². The van der Waals surface area contributed by atoms with Crippen LogP contribution in [0.15, 0.2) is 30.3 Å². The average Bonchev–Trinajstić information content (AvgIpc) is 3.29. The van der Waals surface area contributed by atoms with Crippen molar-refractivity contribution in [2.75, 3.05) is 7.05 Å². The first-order valence-electron chi connectivity index (χ1n) is 9.61. The van der Waals surface area contributed by atoms with Crippen molar-refractivity contribution in [1.82, 2.24) is 9.96 Å². The van der Waals surface area contributed by atoms with Crippen LogP contribution in [0.25, 0.3) is 0 Å². The van der Waals surface area contributed by atoms with Gasteiger partial charge < -0.3 is 0 Å². The zero-order chi connectivity index (χ0) is 17.9. The van der Waals surface area contributed by atoms with Gasteiger partial charge in [-0.25, -0.2) is 0 Å². The number of imide groups is 1. The number of hydrogen-bond donors (Lipinski definition) is 0. The molecule has 1 unspecified atom stereocenters. The third-order valence-electron chi connectivity index (χ3n) is 6.70. The number of rotatable bonds is 2. The molecule has 0 aromatic heterocycles. The average molecular weight is 419 g/mol. The predicted octanol–water partition coefficient (Wildman–Crippen LogP) is 1.51. The van der Waals surface area contributed by atoms with Gasteiger partial charge >= 0.3 is 160 Å². The Kier molecular flexibility index (Phi) is 4.02. The van der Waals surface area contributed by atoms with Gasteiger partial charge in [0, 0.05) is 0 Å². The van der Waals surface area contributed by atoms with Crippen LogP contribution < -0.4 is 4.46 Å². The second-order valence-electron chi connectivity index (χ2n) is 7.99. The molecule has 4 aliphatic rings. The topological polar surface area (TPSA) is 49.9 Å². The molecule has 26 heavy (non-hydrogen) atoms. The predicted molar refractivity (Wildman–Crippen MR) is 97.8 cm³/mol. The first-order valence-corrected chi connectivity index (χ1v) is 11.5. The number of piperidine rings is 1. The van der Waals surface area contributed by atoms with Crippen molar-refractivity contribution in [2.45, 2.75) is 61.0 Å². The summed E-state index contributed by atoms with van der Waals surface area (Å²) in [5.41, 5.74) is 0.0161. The van der Waals surface area contributed by atoms with Gasteiger partial charge in [0.1, 0.15) is 0 Å². The number of fused-ring (bicyclic) bond motifs is 4. The molecule has 0 N–H and O–H groups in total. The summed E-state index contributed by atoms with van der Waals surface area (Å²) in [7, 11) is 1.59. The van der Waals surface area contributed by atoms with E-state index in [-0.39, 0.29) is 29.3 Å². The molecule has 1 aromatic rings. The normalized spacial score (nSPS) is 39.7. The Morgan fingerprint density at radius 2 is 1.81 bits per heavy atom. The fourth-order valence-electron chi connectivity index (χ4n) is 5.48. The minimum atomic E-state index is -0.585. The maximum atomic E-state index is 12.6. The van der Waals surface area contributed by atoms with Gasteiger partial charge in [0.2, 0.25) is 0 Å². The van der Waals surface area contributed by atoms with Crippen molar-refractivity contribution < 1.29 is 14.4 Å². The zero-order valence-corrected chi connectivity index (χ0v) is 16.7. The van der Waals surface area contributed by atoms with E-state index in [9.17, 15) is 9.59 Å². The van der Waals surface area contributed by atoms with Gasteiger partial charge in [0.25, 0.3) is 0 Å². The van der Waals surface area contributed by atoms with E-state index in [1.54, 1.807) is 7.05 Å². The molecule has 5 atom stereocenters. The summed E-state index contributed by atoms with van der Waals surface area (Å²) in [6.45, 7) is 0. The van der Waals surface area contributed by atoms with Crippen LogP contribution in [0.4, 0.5) is 0 Å². The van der Waals surface area contributed by atoms with Crippen LogP contribution in [0.2, 0.25) is 4.82 Å². The van der Waals surface area contributed by atoms with Crippen molar-refractivity contribution in [2.24, 2.45) is 5.92 Å². The third kappa shape index (κ3) is 2.29. The molecule has 6 heteroatoms. The van der Waals surface area contributed by atoms with E-state index in [4.69, 9.17) is 4.84 Å². The number of amides is 2. The Hall–Kier alpha value is -1.20. The second kappa shape index (κ2) is 6.16. The first kappa shape index (κ1) is 16.9. The van der Waals surface area contributed by atoms with E-state index in [1.165, 1.54) is 22.2 Å². The fourth-order valence-corrected chi connectivity index (χ4v) is 8.60. The number of benzene rings is 1. The molecular formula is C20H24N2O3Se. The minimum absolute atomic E-state index is 0.0161. The number of hydrogen-bond acceptors (Lipinski definition) is 4. The Bertz CT molecular complexity index is 742. The van der Waals surface area contributed by atoms with Crippen LogP contribution in [0, 0.1) is 5.92 Å². The van der Waals surface area contributed by atoms with Gasteiger partial charge in [-0.3, -0.25) is 0 Å². The SMILES string of the molecule is CN1C(=O)[C@H]2[C@H](ON3[C@H]2CCC[C@@]32CCCC2[Se]c2ccccc2)C1=O. The number of nitrogens with zero attached hydrogens (tertiary/aromatic N) is 2. The quantitative estimate of drug-likeness (QED) is 0.539. The van der Waals surface area contributed by atoms with Crippen molar-refractivity contribution >= 4 is 31.2 Å². The van der Waals surface area contributed by atoms with Crippen molar-refractivity contribution in [1.29, 1.82) is 0 Å². The molecule has 5 nitrogen and oxygen atoms in total. The molecule has 1 aliphatic carbocycles. The van der Waals surface area contributed by atoms with Gasteiger partial charge in [-0.2, -0.15) is 0 Å². The molecule has 4 fully saturated rings.